The Morgan fingerprint density at radius 3 is 2.18 bits per heavy atom. The summed E-state index contributed by atoms with van der Waals surface area (Å²) in [5.74, 6) is 0.841. The van der Waals surface area contributed by atoms with Crippen LogP contribution in [-0.4, -0.2) is 18.0 Å². The third-order valence-corrected chi connectivity index (χ3v) is 8.41. The fourth-order valence-corrected chi connectivity index (χ4v) is 6.51. The van der Waals surface area contributed by atoms with Crippen molar-refractivity contribution in [1.29, 1.82) is 0 Å². The fraction of sp³-hybridized carbons (Fsp3) is 0.371. The molecule has 0 radical (unpaired) electrons. The second-order valence-corrected chi connectivity index (χ2v) is 11.4. The molecule has 2 aliphatic carbocycles. The molecule has 0 spiro atoms. The number of aryl methyl sites for hydroxylation is 1. The van der Waals surface area contributed by atoms with Gasteiger partial charge < -0.3 is 9.47 Å². The second kappa shape index (κ2) is 11.6. The zero-order valence-electron chi connectivity index (χ0n) is 23.4. The van der Waals surface area contributed by atoms with Gasteiger partial charge in [0.25, 0.3) is 0 Å². The van der Waals surface area contributed by atoms with Gasteiger partial charge in [-0.1, -0.05) is 55.0 Å². The molecule has 2 aliphatic rings. The number of rotatable bonds is 7. The molecule has 0 heterocycles. The molecular weight excluding hydrogens is 484 g/mol. The summed E-state index contributed by atoms with van der Waals surface area (Å²) in [6.45, 7) is 8.58. The number of hydrogen-bond acceptors (Lipinski definition) is 4. The van der Waals surface area contributed by atoms with Crippen molar-refractivity contribution in [1.82, 2.24) is 0 Å². The van der Waals surface area contributed by atoms with Gasteiger partial charge in [0.15, 0.2) is 0 Å². The molecule has 0 saturated heterocycles. The zero-order chi connectivity index (χ0) is 27.5. The average Bonchev–Trinajstić information content (AvgIpc) is 2.93. The van der Waals surface area contributed by atoms with Crippen molar-refractivity contribution < 1.29 is 19.1 Å². The summed E-state index contributed by atoms with van der Waals surface area (Å²) in [7, 11) is 0. The smallest absolute Gasteiger partial charge is 0.343 e. The Morgan fingerprint density at radius 1 is 0.897 bits per heavy atom. The maximum atomic E-state index is 13.2. The van der Waals surface area contributed by atoms with Crippen molar-refractivity contribution >= 4 is 11.9 Å². The van der Waals surface area contributed by atoms with Gasteiger partial charge in [-0.25, -0.2) is 9.59 Å². The summed E-state index contributed by atoms with van der Waals surface area (Å²) in [6.07, 6.45) is 6.71. The maximum absolute atomic E-state index is 13.2. The van der Waals surface area contributed by atoms with E-state index in [2.05, 4.69) is 33.8 Å². The van der Waals surface area contributed by atoms with Crippen LogP contribution in [0.25, 0.3) is 0 Å². The maximum Gasteiger partial charge on any atom is 0.343 e. The molecule has 0 bridgehead atoms. The van der Waals surface area contributed by atoms with Crippen LogP contribution >= 0.6 is 0 Å². The molecule has 0 amide bonds. The summed E-state index contributed by atoms with van der Waals surface area (Å²) in [5, 5.41) is 0. The van der Waals surface area contributed by atoms with Gasteiger partial charge in [-0.15, -0.1) is 0 Å². The van der Waals surface area contributed by atoms with E-state index in [4.69, 9.17) is 9.47 Å². The third-order valence-electron chi connectivity index (χ3n) is 8.41. The summed E-state index contributed by atoms with van der Waals surface area (Å²) in [5.41, 5.74) is 7.28. The Morgan fingerprint density at radius 2 is 1.54 bits per heavy atom. The van der Waals surface area contributed by atoms with E-state index < -0.39 is 0 Å². The summed E-state index contributed by atoms with van der Waals surface area (Å²) < 4.78 is 12.4. The van der Waals surface area contributed by atoms with E-state index in [1.165, 1.54) is 16.7 Å². The molecule has 39 heavy (non-hydrogen) atoms. The van der Waals surface area contributed by atoms with Crippen LogP contribution in [0.3, 0.4) is 0 Å². The Hall–Kier alpha value is -3.66. The fourth-order valence-electron chi connectivity index (χ4n) is 6.51. The van der Waals surface area contributed by atoms with E-state index >= 15 is 0 Å². The van der Waals surface area contributed by atoms with Gasteiger partial charge in [-0.2, -0.15) is 0 Å². The van der Waals surface area contributed by atoms with E-state index in [0.29, 0.717) is 23.3 Å². The Bertz CT molecular complexity index is 1370. The van der Waals surface area contributed by atoms with Crippen LogP contribution in [-0.2, 0) is 11.2 Å². The van der Waals surface area contributed by atoms with Crippen LogP contribution in [0.4, 0.5) is 0 Å². The first kappa shape index (κ1) is 26.9. The van der Waals surface area contributed by atoms with Gasteiger partial charge in [0.1, 0.15) is 11.9 Å². The van der Waals surface area contributed by atoms with Gasteiger partial charge in [0.2, 0.25) is 0 Å². The molecule has 0 N–H and O–H groups in total. The van der Waals surface area contributed by atoms with Crippen LogP contribution in [0.15, 0.2) is 78.4 Å². The molecule has 0 fully saturated rings. The molecule has 5 rings (SSSR count). The molecule has 0 aliphatic heterocycles. The van der Waals surface area contributed by atoms with E-state index in [1.54, 1.807) is 12.1 Å². The summed E-state index contributed by atoms with van der Waals surface area (Å²) in [6, 6.07) is 20.5. The molecular formula is C35H38O4. The van der Waals surface area contributed by atoms with Crippen molar-refractivity contribution in [3.05, 3.63) is 112 Å². The van der Waals surface area contributed by atoms with Crippen LogP contribution in [0.5, 0.6) is 5.75 Å². The predicted octanol–water partition coefficient (Wildman–Crippen LogP) is 8.34. The lowest BCUT2D eigenvalue weighted by molar-refractivity contribution is 0.00275. The highest BCUT2D eigenvalue weighted by Gasteiger charge is 2.44. The first-order valence-corrected chi connectivity index (χ1v) is 14.2. The molecule has 1 unspecified atom stereocenters. The van der Waals surface area contributed by atoms with Gasteiger partial charge in [-0.3, -0.25) is 0 Å². The van der Waals surface area contributed by atoms with E-state index in [0.717, 1.165) is 36.8 Å². The number of allylic oxidation sites excluding steroid dienone is 2. The van der Waals surface area contributed by atoms with Crippen LogP contribution in [0, 0.1) is 12.8 Å². The molecule has 3 aromatic carbocycles. The van der Waals surface area contributed by atoms with Crippen LogP contribution in [0.1, 0.15) is 101 Å². The standard InChI is InChI=1S/C35H38O4/c1-22(2)12-11-17-27-28-19-18-23(3)32-31(39-35(37)26-15-9-6-10-16-26)20-24(4)29(33(28)32)21-30(27)38-34(36)25-13-7-5-8-14-25/h5-10,12-16,20,23,27-28,30H,11,17-19,21H2,1-4H3/t23-,27+,28+,30?/m1/s1. The quantitative estimate of drug-likeness (QED) is 0.178. The monoisotopic (exact) mass is 522 g/mol. The van der Waals surface area contributed by atoms with Crippen molar-refractivity contribution in [2.45, 2.75) is 77.7 Å². The number of hydrogen-bond donors (Lipinski definition) is 0. The van der Waals surface area contributed by atoms with Crippen LogP contribution < -0.4 is 4.74 Å². The number of benzene rings is 3. The van der Waals surface area contributed by atoms with Crippen LogP contribution in [0.2, 0.25) is 0 Å². The Balaban J connectivity index is 1.53. The number of esters is 2. The van der Waals surface area contributed by atoms with E-state index in [-0.39, 0.29) is 35.8 Å². The molecule has 202 valence electrons. The highest BCUT2D eigenvalue weighted by atomic mass is 16.5. The minimum atomic E-state index is -0.328. The molecule has 4 nitrogen and oxygen atoms in total. The molecule has 0 saturated carbocycles. The number of carbonyl (C=O) groups is 2. The average molecular weight is 523 g/mol. The predicted molar refractivity (Wildman–Crippen MR) is 154 cm³/mol. The lowest BCUT2D eigenvalue weighted by Crippen LogP contribution is -2.40. The normalized spacial score (nSPS) is 21.4. The summed E-state index contributed by atoms with van der Waals surface area (Å²) >= 11 is 0. The Labute approximate surface area is 232 Å². The van der Waals surface area contributed by atoms with Gasteiger partial charge in [0, 0.05) is 17.9 Å². The van der Waals surface area contributed by atoms with Crippen molar-refractivity contribution in [2.75, 3.05) is 0 Å². The highest BCUT2D eigenvalue weighted by molar-refractivity contribution is 5.91. The number of ether oxygens (including phenoxy) is 2. The van der Waals surface area contributed by atoms with E-state index in [1.807, 2.05) is 54.6 Å². The van der Waals surface area contributed by atoms with Crippen molar-refractivity contribution in [3.8, 4) is 5.75 Å². The van der Waals surface area contributed by atoms with Gasteiger partial charge in [-0.05, 0) is 105 Å². The van der Waals surface area contributed by atoms with E-state index in [9.17, 15) is 9.59 Å². The van der Waals surface area contributed by atoms with Crippen molar-refractivity contribution in [2.24, 2.45) is 5.92 Å². The third kappa shape index (κ3) is 5.71. The second-order valence-electron chi connectivity index (χ2n) is 11.4. The van der Waals surface area contributed by atoms with Gasteiger partial charge in [0.05, 0.1) is 11.1 Å². The largest absolute Gasteiger partial charge is 0.458 e. The Kier molecular flexibility index (Phi) is 8.02. The lowest BCUT2D eigenvalue weighted by atomic mass is 9.62. The minimum absolute atomic E-state index is 0.196. The first-order valence-electron chi connectivity index (χ1n) is 14.2. The summed E-state index contributed by atoms with van der Waals surface area (Å²) in [4.78, 5) is 26.2. The zero-order valence-corrected chi connectivity index (χ0v) is 23.4. The first-order chi connectivity index (χ1) is 18.8. The number of carbonyl (C=O) groups excluding carboxylic acids is 2. The molecule has 0 aromatic heterocycles. The van der Waals surface area contributed by atoms with Gasteiger partial charge >= 0.3 is 11.9 Å². The topological polar surface area (TPSA) is 52.6 Å². The molecule has 4 heteroatoms. The molecule has 4 atom stereocenters. The highest BCUT2D eigenvalue weighted by Crippen LogP contribution is 2.53. The minimum Gasteiger partial charge on any atom is -0.458 e. The van der Waals surface area contributed by atoms with Crippen molar-refractivity contribution in [3.63, 3.8) is 0 Å². The lowest BCUT2D eigenvalue weighted by Gasteiger charge is -2.45. The SMILES string of the molecule is CC(C)=CCC[C@@H]1C(OC(=O)c2ccccc2)Cc2c(C)cc(OC(=O)c3ccccc3)c3c2[C@H]1CC[C@H]3C. The molecule has 3 aromatic rings.